The van der Waals surface area contributed by atoms with Gasteiger partial charge in [-0.2, -0.15) is 0 Å². The van der Waals surface area contributed by atoms with Crippen molar-refractivity contribution in [2.24, 2.45) is 5.92 Å². The van der Waals surface area contributed by atoms with Crippen LogP contribution in [0.1, 0.15) is 58.3 Å². The maximum Gasteiger partial charge on any atom is 0.323 e. The van der Waals surface area contributed by atoms with Crippen molar-refractivity contribution in [2.75, 3.05) is 5.32 Å². The molecule has 2 aromatic rings. The van der Waals surface area contributed by atoms with Crippen molar-refractivity contribution in [2.45, 2.75) is 64.4 Å². The van der Waals surface area contributed by atoms with Crippen LogP contribution in [0.5, 0.6) is 0 Å². The number of amides is 1. The number of aromatic nitrogens is 2. The standard InChI is InChI=1S/C20H27N3O4/c1-13(27-18(24)9-5-8-14-6-3-2-4-7-14)19(25)21-15-10-11-16-17(12-15)23-20(26)22-16/h10-14H,2-9H2,1H3,(H,21,25)(H2,22,23,26)/t13-/m0/s1. The van der Waals surface area contributed by atoms with Gasteiger partial charge in [0.05, 0.1) is 11.0 Å². The Kier molecular flexibility index (Phi) is 6.32. The van der Waals surface area contributed by atoms with Crippen LogP contribution in [0, 0.1) is 5.92 Å². The molecule has 7 nitrogen and oxygen atoms in total. The van der Waals surface area contributed by atoms with E-state index in [2.05, 4.69) is 15.3 Å². The second-order valence-corrected chi connectivity index (χ2v) is 7.36. The highest BCUT2D eigenvalue weighted by molar-refractivity contribution is 5.96. The lowest BCUT2D eigenvalue weighted by molar-refractivity contribution is -0.153. The van der Waals surface area contributed by atoms with Crippen molar-refractivity contribution < 1.29 is 14.3 Å². The van der Waals surface area contributed by atoms with Crippen LogP contribution >= 0.6 is 0 Å². The molecule has 3 N–H and O–H groups in total. The molecular weight excluding hydrogens is 346 g/mol. The van der Waals surface area contributed by atoms with E-state index in [4.69, 9.17) is 4.74 Å². The van der Waals surface area contributed by atoms with Crippen LogP contribution in [0.15, 0.2) is 23.0 Å². The highest BCUT2D eigenvalue weighted by Gasteiger charge is 2.19. The van der Waals surface area contributed by atoms with Gasteiger partial charge in [0.1, 0.15) is 0 Å². The van der Waals surface area contributed by atoms with Crippen molar-refractivity contribution in [1.29, 1.82) is 0 Å². The maximum absolute atomic E-state index is 12.2. The van der Waals surface area contributed by atoms with Gasteiger partial charge in [-0.25, -0.2) is 4.79 Å². The van der Waals surface area contributed by atoms with Gasteiger partial charge in [-0.15, -0.1) is 0 Å². The average molecular weight is 373 g/mol. The van der Waals surface area contributed by atoms with Crippen LogP contribution in [0.3, 0.4) is 0 Å². The predicted octanol–water partition coefficient (Wildman–Crippen LogP) is 3.48. The smallest absolute Gasteiger partial charge is 0.323 e. The number of carbonyl (C=O) groups is 2. The quantitative estimate of drug-likeness (QED) is 0.646. The second kappa shape index (κ2) is 8.88. The molecule has 7 heteroatoms. The number of anilines is 1. The number of nitrogens with one attached hydrogen (secondary N) is 3. The van der Waals surface area contributed by atoms with Crippen molar-refractivity contribution in [3.63, 3.8) is 0 Å². The molecule has 0 saturated heterocycles. The number of rotatable bonds is 7. The summed E-state index contributed by atoms with van der Waals surface area (Å²) in [7, 11) is 0. The zero-order valence-electron chi connectivity index (χ0n) is 15.7. The van der Waals surface area contributed by atoms with Crippen LogP contribution in [0.2, 0.25) is 0 Å². The Labute approximate surface area is 157 Å². The summed E-state index contributed by atoms with van der Waals surface area (Å²) in [6.45, 7) is 1.56. The summed E-state index contributed by atoms with van der Waals surface area (Å²) >= 11 is 0. The summed E-state index contributed by atoms with van der Waals surface area (Å²) in [4.78, 5) is 40.8. The Morgan fingerprint density at radius 1 is 1.19 bits per heavy atom. The summed E-state index contributed by atoms with van der Waals surface area (Å²) in [5.74, 6) is 0.00815. The van der Waals surface area contributed by atoms with E-state index in [0.29, 0.717) is 23.1 Å². The Balaban J connectivity index is 1.43. The second-order valence-electron chi connectivity index (χ2n) is 7.36. The highest BCUT2D eigenvalue weighted by Crippen LogP contribution is 2.27. The van der Waals surface area contributed by atoms with Gasteiger partial charge in [-0.3, -0.25) is 9.59 Å². The first kappa shape index (κ1) is 19.2. The van der Waals surface area contributed by atoms with E-state index in [-0.39, 0.29) is 11.7 Å². The summed E-state index contributed by atoms with van der Waals surface area (Å²) in [6.07, 6.45) is 7.83. The summed E-state index contributed by atoms with van der Waals surface area (Å²) < 4.78 is 5.25. The largest absolute Gasteiger partial charge is 0.453 e. The van der Waals surface area contributed by atoms with Gasteiger partial charge < -0.3 is 20.0 Å². The molecule has 0 bridgehead atoms. The molecular formula is C20H27N3O4. The van der Waals surface area contributed by atoms with Crippen molar-refractivity contribution >= 4 is 28.6 Å². The van der Waals surface area contributed by atoms with E-state index >= 15 is 0 Å². The van der Waals surface area contributed by atoms with E-state index in [0.717, 1.165) is 18.8 Å². The van der Waals surface area contributed by atoms with E-state index in [1.165, 1.54) is 32.1 Å². The molecule has 27 heavy (non-hydrogen) atoms. The first-order valence-corrected chi connectivity index (χ1v) is 9.73. The molecule has 0 aliphatic heterocycles. The number of ether oxygens (including phenoxy) is 1. The van der Waals surface area contributed by atoms with Gasteiger partial charge in [0.15, 0.2) is 6.10 Å². The molecule has 0 radical (unpaired) electrons. The molecule has 146 valence electrons. The Hall–Kier alpha value is -2.57. The molecule has 1 aliphatic rings. The van der Waals surface area contributed by atoms with Crippen LogP contribution in [-0.2, 0) is 14.3 Å². The average Bonchev–Trinajstić information content (AvgIpc) is 3.01. The molecule has 1 heterocycles. The summed E-state index contributed by atoms with van der Waals surface area (Å²) in [6, 6.07) is 5.04. The van der Waals surface area contributed by atoms with Crippen LogP contribution in [0.25, 0.3) is 11.0 Å². The fourth-order valence-corrected chi connectivity index (χ4v) is 3.67. The van der Waals surface area contributed by atoms with Gasteiger partial charge in [0, 0.05) is 12.1 Å². The molecule has 0 spiro atoms. The third-order valence-corrected chi connectivity index (χ3v) is 5.18. The highest BCUT2D eigenvalue weighted by atomic mass is 16.5. The molecule has 1 saturated carbocycles. The topological polar surface area (TPSA) is 104 Å². The molecule has 1 aliphatic carbocycles. The van der Waals surface area contributed by atoms with Gasteiger partial charge in [-0.05, 0) is 43.9 Å². The van der Waals surface area contributed by atoms with Gasteiger partial charge >= 0.3 is 11.7 Å². The molecule has 1 aromatic carbocycles. The Morgan fingerprint density at radius 2 is 1.93 bits per heavy atom. The lowest BCUT2D eigenvalue weighted by Crippen LogP contribution is -2.29. The normalized spacial score (nSPS) is 16.2. The zero-order valence-corrected chi connectivity index (χ0v) is 15.7. The summed E-state index contributed by atoms with van der Waals surface area (Å²) in [5.41, 5.74) is 1.49. The minimum absolute atomic E-state index is 0.302. The fraction of sp³-hybridized carbons (Fsp3) is 0.550. The van der Waals surface area contributed by atoms with Crippen LogP contribution in [-0.4, -0.2) is 27.9 Å². The van der Waals surface area contributed by atoms with Crippen LogP contribution in [0.4, 0.5) is 5.69 Å². The van der Waals surface area contributed by atoms with Crippen LogP contribution < -0.4 is 11.0 Å². The molecule has 1 atom stereocenters. The first-order valence-electron chi connectivity index (χ1n) is 9.73. The number of aromatic amines is 2. The van der Waals surface area contributed by atoms with Crippen molar-refractivity contribution in [3.8, 4) is 0 Å². The number of benzene rings is 1. The SMILES string of the molecule is C[C@H](OC(=O)CCCC1CCCCC1)C(=O)Nc1ccc2[nH]c(=O)[nH]c2c1. The van der Waals surface area contributed by atoms with E-state index in [1.807, 2.05) is 0 Å². The fourth-order valence-electron chi connectivity index (χ4n) is 3.67. The molecule has 1 fully saturated rings. The minimum Gasteiger partial charge on any atom is -0.453 e. The lowest BCUT2D eigenvalue weighted by atomic mass is 9.86. The molecule has 1 amide bonds. The Bertz CT molecular complexity index is 848. The number of esters is 1. The predicted molar refractivity (Wildman–Crippen MR) is 104 cm³/mol. The number of fused-ring (bicyclic) bond motifs is 1. The molecule has 3 rings (SSSR count). The lowest BCUT2D eigenvalue weighted by Gasteiger charge is -2.21. The van der Waals surface area contributed by atoms with Crippen molar-refractivity contribution in [3.05, 3.63) is 28.7 Å². The number of H-pyrrole nitrogens is 2. The number of carbonyl (C=O) groups excluding carboxylic acids is 2. The van der Waals surface area contributed by atoms with E-state index < -0.39 is 12.0 Å². The monoisotopic (exact) mass is 373 g/mol. The van der Waals surface area contributed by atoms with E-state index in [9.17, 15) is 14.4 Å². The number of hydrogen-bond donors (Lipinski definition) is 3. The zero-order chi connectivity index (χ0) is 19.2. The number of hydrogen-bond acceptors (Lipinski definition) is 4. The first-order chi connectivity index (χ1) is 13.0. The Morgan fingerprint density at radius 3 is 2.70 bits per heavy atom. The van der Waals surface area contributed by atoms with E-state index in [1.54, 1.807) is 25.1 Å². The summed E-state index contributed by atoms with van der Waals surface area (Å²) in [5, 5.41) is 2.70. The molecule has 0 unspecified atom stereocenters. The number of imidazole rings is 1. The van der Waals surface area contributed by atoms with Crippen molar-refractivity contribution in [1.82, 2.24) is 9.97 Å². The van der Waals surface area contributed by atoms with Gasteiger partial charge in [0.25, 0.3) is 5.91 Å². The third kappa shape index (κ3) is 5.45. The van der Waals surface area contributed by atoms with Gasteiger partial charge in [0.2, 0.25) is 0 Å². The minimum atomic E-state index is -0.867. The van der Waals surface area contributed by atoms with Gasteiger partial charge in [-0.1, -0.05) is 32.1 Å². The molecule has 1 aromatic heterocycles. The maximum atomic E-state index is 12.2. The third-order valence-electron chi connectivity index (χ3n) is 5.18.